The number of hydrogen-bond acceptors (Lipinski definition) is 4. The maximum atomic E-state index is 12.7. The highest BCUT2D eigenvalue weighted by molar-refractivity contribution is 5.99. The fraction of sp³-hybridized carbons (Fsp3) is 0.375. The average Bonchev–Trinajstić information content (AvgIpc) is 2.84. The first-order valence-corrected chi connectivity index (χ1v) is 7.42. The minimum absolute atomic E-state index is 0.0711. The second-order valence-corrected chi connectivity index (χ2v) is 5.34. The van der Waals surface area contributed by atoms with E-state index in [1.54, 1.807) is 4.68 Å². The lowest BCUT2D eigenvalue weighted by Gasteiger charge is -2.24. The third-order valence-electron chi connectivity index (χ3n) is 3.73. The van der Waals surface area contributed by atoms with Crippen LogP contribution in [0.5, 0.6) is 0 Å². The molecule has 1 aromatic heterocycles. The van der Waals surface area contributed by atoms with Crippen molar-refractivity contribution in [2.75, 3.05) is 26.3 Å². The highest BCUT2D eigenvalue weighted by Gasteiger charge is 2.16. The average molecular weight is 300 g/mol. The van der Waals surface area contributed by atoms with E-state index in [9.17, 15) is 4.79 Å². The predicted octanol–water partition coefficient (Wildman–Crippen LogP) is 1.53. The van der Waals surface area contributed by atoms with Crippen molar-refractivity contribution in [3.63, 3.8) is 0 Å². The molecule has 0 radical (unpaired) electrons. The van der Waals surface area contributed by atoms with Gasteiger partial charge in [-0.15, -0.1) is 0 Å². The summed E-state index contributed by atoms with van der Waals surface area (Å²) in [6.45, 7) is 6.65. The van der Waals surface area contributed by atoms with Gasteiger partial charge in [0.05, 0.1) is 43.3 Å². The molecule has 116 valence electrons. The summed E-state index contributed by atoms with van der Waals surface area (Å²) < 4.78 is 6.87. The van der Waals surface area contributed by atoms with Crippen LogP contribution >= 0.6 is 0 Å². The Morgan fingerprint density at radius 1 is 1.23 bits per heavy atom. The summed E-state index contributed by atoms with van der Waals surface area (Å²) in [5.74, 6) is 0. The largest absolute Gasteiger partial charge is 0.378 e. The Morgan fingerprint density at radius 3 is 2.59 bits per heavy atom. The second kappa shape index (κ2) is 6.19. The minimum atomic E-state index is -0.0711. The Balaban J connectivity index is 1.96. The normalized spacial score (nSPS) is 16.1. The molecule has 0 spiro atoms. The molecule has 2 aromatic rings. The summed E-state index contributed by atoms with van der Waals surface area (Å²) in [6.07, 6.45) is 0. The lowest BCUT2D eigenvalue weighted by atomic mass is 10.2. The molecule has 0 saturated carbocycles. The van der Waals surface area contributed by atoms with Crippen LogP contribution in [-0.4, -0.2) is 46.8 Å². The number of aromatic nitrogens is 2. The van der Waals surface area contributed by atoms with Gasteiger partial charge in [-0.1, -0.05) is 18.2 Å². The highest BCUT2D eigenvalue weighted by Crippen LogP contribution is 2.09. The van der Waals surface area contributed by atoms with Crippen molar-refractivity contribution < 1.29 is 4.74 Å². The number of nitrogens with zero attached hydrogens (tertiary/aromatic N) is 3. The number of rotatable bonds is 3. The van der Waals surface area contributed by atoms with Gasteiger partial charge in [0.15, 0.2) is 0 Å². The summed E-state index contributed by atoms with van der Waals surface area (Å²) in [4.78, 5) is 12.7. The lowest BCUT2D eigenvalue weighted by Crippen LogP contribution is -2.33. The maximum absolute atomic E-state index is 12.7. The van der Waals surface area contributed by atoms with Crippen LogP contribution in [0.3, 0.4) is 0 Å². The number of para-hydroxylation sites is 1. The number of hydrazone groups is 1. The predicted molar refractivity (Wildman–Crippen MR) is 85.7 cm³/mol. The van der Waals surface area contributed by atoms with Gasteiger partial charge in [-0.25, -0.2) is 4.68 Å². The number of hydrogen-bond donors (Lipinski definition) is 1. The van der Waals surface area contributed by atoms with Crippen molar-refractivity contribution in [3.05, 3.63) is 51.9 Å². The minimum Gasteiger partial charge on any atom is -0.378 e. The monoisotopic (exact) mass is 300 g/mol. The maximum Gasteiger partial charge on any atom is 0.280 e. The molecule has 0 atom stereocenters. The molecule has 22 heavy (non-hydrogen) atoms. The lowest BCUT2D eigenvalue weighted by molar-refractivity contribution is 0.0393. The number of ether oxygens (including phenoxy) is 1. The molecule has 1 fully saturated rings. The van der Waals surface area contributed by atoms with E-state index in [-0.39, 0.29) is 5.56 Å². The number of H-pyrrole nitrogens is 1. The van der Waals surface area contributed by atoms with E-state index in [0.29, 0.717) is 18.8 Å². The van der Waals surface area contributed by atoms with E-state index in [4.69, 9.17) is 4.74 Å². The molecule has 0 unspecified atom stereocenters. The van der Waals surface area contributed by atoms with Gasteiger partial charge in [0.25, 0.3) is 5.56 Å². The van der Waals surface area contributed by atoms with E-state index in [0.717, 1.165) is 30.2 Å². The zero-order valence-electron chi connectivity index (χ0n) is 12.9. The Kier molecular flexibility index (Phi) is 4.11. The van der Waals surface area contributed by atoms with Gasteiger partial charge in [-0.05, 0) is 26.0 Å². The van der Waals surface area contributed by atoms with Gasteiger partial charge < -0.3 is 4.74 Å². The second-order valence-electron chi connectivity index (χ2n) is 5.34. The van der Waals surface area contributed by atoms with E-state index in [1.165, 1.54) is 0 Å². The molecule has 0 aliphatic carbocycles. The van der Waals surface area contributed by atoms with Gasteiger partial charge >= 0.3 is 0 Å². The van der Waals surface area contributed by atoms with Crippen LogP contribution in [0.1, 0.15) is 18.2 Å². The highest BCUT2D eigenvalue weighted by atomic mass is 16.5. The van der Waals surface area contributed by atoms with Crippen molar-refractivity contribution in [3.8, 4) is 5.69 Å². The number of morpholine rings is 1. The van der Waals surface area contributed by atoms with Crippen molar-refractivity contribution in [2.45, 2.75) is 13.8 Å². The third-order valence-corrected chi connectivity index (χ3v) is 3.73. The summed E-state index contributed by atoms with van der Waals surface area (Å²) in [6, 6.07) is 9.54. The van der Waals surface area contributed by atoms with Gasteiger partial charge in [0.1, 0.15) is 0 Å². The number of benzene rings is 1. The zero-order valence-corrected chi connectivity index (χ0v) is 12.9. The van der Waals surface area contributed by atoms with Gasteiger partial charge in [0.2, 0.25) is 0 Å². The molecule has 3 rings (SSSR count). The molecule has 6 heteroatoms. The number of nitrogens with one attached hydrogen (secondary N) is 1. The van der Waals surface area contributed by atoms with Crippen LogP contribution < -0.4 is 5.56 Å². The van der Waals surface area contributed by atoms with Gasteiger partial charge in [-0.3, -0.25) is 14.9 Å². The number of aryl methyl sites for hydroxylation is 1. The van der Waals surface area contributed by atoms with E-state index >= 15 is 0 Å². The summed E-state index contributed by atoms with van der Waals surface area (Å²) in [5, 5.41) is 9.65. The Labute approximate surface area is 129 Å². The van der Waals surface area contributed by atoms with Crippen LogP contribution in [0.15, 0.2) is 40.2 Å². The summed E-state index contributed by atoms with van der Waals surface area (Å²) in [5.41, 5.74) is 2.94. The van der Waals surface area contributed by atoms with Crippen LogP contribution in [-0.2, 0) is 4.74 Å². The smallest absolute Gasteiger partial charge is 0.280 e. The number of aromatic amines is 1. The first-order chi connectivity index (χ1) is 10.7. The van der Waals surface area contributed by atoms with Crippen LogP contribution in [0, 0.1) is 6.92 Å². The van der Waals surface area contributed by atoms with E-state index in [1.807, 2.05) is 49.2 Å². The van der Waals surface area contributed by atoms with Crippen molar-refractivity contribution in [1.82, 2.24) is 14.8 Å². The van der Waals surface area contributed by atoms with E-state index < -0.39 is 0 Å². The van der Waals surface area contributed by atoms with Crippen LogP contribution in [0.2, 0.25) is 0 Å². The van der Waals surface area contributed by atoms with Gasteiger partial charge in [0, 0.05) is 5.69 Å². The standard InChI is InChI=1S/C16H20N4O2/c1-12(17-19-8-10-22-11-9-19)15-13(2)18-20(16(15)21)14-6-4-3-5-7-14/h3-7,18H,8-11H2,1-2H3. The molecule has 0 amide bonds. The zero-order chi connectivity index (χ0) is 15.5. The molecule has 0 bridgehead atoms. The quantitative estimate of drug-likeness (QED) is 0.874. The molecule has 1 saturated heterocycles. The molecular weight excluding hydrogens is 280 g/mol. The Hall–Kier alpha value is -2.34. The topological polar surface area (TPSA) is 62.6 Å². The molecule has 6 nitrogen and oxygen atoms in total. The molecule has 1 N–H and O–H groups in total. The fourth-order valence-corrected chi connectivity index (χ4v) is 2.65. The van der Waals surface area contributed by atoms with Gasteiger partial charge in [-0.2, -0.15) is 5.10 Å². The summed E-state index contributed by atoms with van der Waals surface area (Å²) >= 11 is 0. The molecule has 2 heterocycles. The molecule has 1 aliphatic rings. The van der Waals surface area contributed by atoms with Crippen molar-refractivity contribution in [2.24, 2.45) is 5.10 Å². The molecule has 1 aliphatic heterocycles. The van der Waals surface area contributed by atoms with E-state index in [2.05, 4.69) is 10.2 Å². The first-order valence-electron chi connectivity index (χ1n) is 7.42. The SMILES string of the molecule is CC(=NN1CCOCC1)c1c(C)[nH]n(-c2ccccc2)c1=O. The first kappa shape index (κ1) is 14.6. The Bertz CT molecular complexity index is 724. The van der Waals surface area contributed by atoms with Crippen molar-refractivity contribution in [1.29, 1.82) is 0 Å². The Morgan fingerprint density at radius 2 is 1.91 bits per heavy atom. The summed E-state index contributed by atoms with van der Waals surface area (Å²) in [7, 11) is 0. The third kappa shape index (κ3) is 2.82. The fourth-order valence-electron chi connectivity index (χ4n) is 2.65. The molecule has 1 aromatic carbocycles. The van der Waals surface area contributed by atoms with Crippen LogP contribution in [0.25, 0.3) is 5.69 Å². The van der Waals surface area contributed by atoms with Crippen molar-refractivity contribution >= 4 is 5.71 Å². The molecular formula is C16H20N4O2. The van der Waals surface area contributed by atoms with Crippen LogP contribution in [0.4, 0.5) is 0 Å².